The van der Waals surface area contributed by atoms with E-state index in [9.17, 15) is 9.59 Å². The maximum atomic E-state index is 12.2. The number of carbonyl (C=O) groups is 2. The number of amides is 2. The number of nitrogens with one attached hydrogen (secondary N) is 2. The van der Waals surface area contributed by atoms with Gasteiger partial charge in [-0.25, -0.2) is 0 Å². The number of hydrogen-bond donors (Lipinski definition) is 2. The molecule has 0 bridgehead atoms. The first-order valence-corrected chi connectivity index (χ1v) is 7.79. The second-order valence-corrected chi connectivity index (χ2v) is 5.93. The number of anilines is 1. The lowest BCUT2D eigenvalue weighted by Gasteiger charge is -2.16. The Kier molecular flexibility index (Phi) is 5.65. The highest BCUT2D eigenvalue weighted by Gasteiger charge is 2.14. The average molecular weight is 341 g/mol. The number of para-hydroxylation sites is 1. The lowest BCUT2D eigenvalue weighted by molar-refractivity contribution is 0.0828. The summed E-state index contributed by atoms with van der Waals surface area (Å²) in [4.78, 5) is 25.9. The van der Waals surface area contributed by atoms with Crippen LogP contribution in [0.15, 0.2) is 48.5 Å². The van der Waals surface area contributed by atoms with Crippen LogP contribution in [0.3, 0.4) is 0 Å². The first-order chi connectivity index (χ1) is 11.4. The van der Waals surface area contributed by atoms with Crippen LogP contribution in [-0.4, -0.2) is 35.9 Å². The molecule has 0 radical (unpaired) electrons. The maximum Gasteiger partial charge on any atom is 0.257 e. The van der Waals surface area contributed by atoms with Gasteiger partial charge in [0.05, 0.1) is 11.3 Å². The van der Waals surface area contributed by atoms with Crippen molar-refractivity contribution in [3.05, 3.63) is 65.2 Å². The molecule has 2 amide bonds. The quantitative estimate of drug-likeness (QED) is 0.843. The molecule has 2 rings (SSSR count). The van der Waals surface area contributed by atoms with Gasteiger partial charge < -0.3 is 10.2 Å². The molecule has 0 fully saturated rings. The summed E-state index contributed by atoms with van der Waals surface area (Å²) in [6.45, 7) is 1.91. The summed E-state index contributed by atoms with van der Waals surface area (Å²) >= 11 is 5.19. The fourth-order valence-corrected chi connectivity index (χ4v) is 2.34. The minimum atomic E-state index is -0.299. The molecule has 24 heavy (non-hydrogen) atoms. The summed E-state index contributed by atoms with van der Waals surface area (Å²) in [6, 6.07) is 14.2. The van der Waals surface area contributed by atoms with Crippen LogP contribution in [0.5, 0.6) is 0 Å². The number of benzene rings is 2. The normalized spacial score (nSPS) is 9.96. The molecular formula is C18H19N3O2S. The molecule has 124 valence electrons. The molecule has 0 unspecified atom stereocenters. The first kappa shape index (κ1) is 17.6. The predicted octanol–water partition coefficient (Wildman–Crippen LogP) is 2.82. The van der Waals surface area contributed by atoms with Crippen molar-refractivity contribution in [2.75, 3.05) is 19.4 Å². The second-order valence-electron chi connectivity index (χ2n) is 5.52. The number of carbonyl (C=O) groups excluding carboxylic acids is 2. The topological polar surface area (TPSA) is 61.4 Å². The van der Waals surface area contributed by atoms with Crippen molar-refractivity contribution in [2.45, 2.75) is 6.92 Å². The number of hydrogen-bond acceptors (Lipinski definition) is 3. The summed E-state index contributed by atoms with van der Waals surface area (Å²) < 4.78 is 0. The van der Waals surface area contributed by atoms with E-state index in [2.05, 4.69) is 10.6 Å². The number of aryl methyl sites for hydroxylation is 1. The van der Waals surface area contributed by atoms with Gasteiger partial charge in [0.25, 0.3) is 11.8 Å². The summed E-state index contributed by atoms with van der Waals surface area (Å²) in [6.07, 6.45) is 0. The molecule has 2 N–H and O–H groups in total. The SMILES string of the molecule is Cc1cccc(C(=O)NC(=S)Nc2ccccc2C(=O)N(C)C)c1. The smallest absolute Gasteiger partial charge is 0.257 e. The average Bonchev–Trinajstić information content (AvgIpc) is 2.54. The highest BCUT2D eigenvalue weighted by Crippen LogP contribution is 2.16. The van der Waals surface area contributed by atoms with Gasteiger partial charge >= 0.3 is 0 Å². The molecule has 2 aromatic carbocycles. The molecule has 0 atom stereocenters. The Bertz CT molecular complexity index is 787. The molecule has 0 aromatic heterocycles. The Morgan fingerprint density at radius 1 is 1.04 bits per heavy atom. The molecule has 0 saturated heterocycles. The Hall–Kier alpha value is -2.73. The lowest BCUT2D eigenvalue weighted by Crippen LogP contribution is -2.35. The highest BCUT2D eigenvalue weighted by molar-refractivity contribution is 7.80. The van der Waals surface area contributed by atoms with Crippen LogP contribution in [0.2, 0.25) is 0 Å². The maximum absolute atomic E-state index is 12.2. The number of rotatable bonds is 3. The zero-order chi connectivity index (χ0) is 17.7. The fraction of sp³-hybridized carbons (Fsp3) is 0.167. The van der Waals surface area contributed by atoms with Crippen molar-refractivity contribution in [3.8, 4) is 0 Å². The van der Waals surface area contributed by atoms with Crippen molar-refractivity contribution in [2.24, 2.45) is 0 Å². The minimum Gasteiger partial charge on any atom is -0.345 e. The summed E-state index contributed by atoms with van der Waals surface area (Å²) in [5.41, 5.74) is 2.54. The van der Waals surface area contributed by atoms with Gasteiger partial charge in [-0.1, -0.05) is 29.8 Å². The molecule has 0 aliphatic rings. The van der Waals surface area contributed by atoms with Gasteiger partial charge in [-0.3, -0.25) is 14.9 Å². The van der Waals surface area contributed by atoms with Gasteiger partial charge in [0, 0.05) is 19.7 Å². The highest BCUT2D eigenvalue weighted by atomic mass is 32.1. The van der Waals surface area contributed by atoms with Gasteiger partial charge in [0.1, 0.15) is 0 Å². The van der Waals surface area contributed by atoms with Crippen molar-refractivity contribution in [1.82, 2.24) is 10.2 Å². The van der Waals surface area contributed by atoms with E-state index in [1.54, 1.807) is 50.5 Å². The van der Waals surface area contributed by atoms with E-state index >= 15 is 0 Å². The van der Waals surface area contributed by atoms with Crippen LogP contribution in [0, 0.1) is 6.92 Å². The largest absolute Gasteiger partial charge is 0.345 e. The Morgan fingerprint density at radius 2 is 1.75 bits per heavy atom. The number of thiocarbonyl (C=S) groups is 1. The van der Waals surface area contributed by atoms with E-state index in [-0.39, 0.29) is 16.9 Å². The van der Waals surface area contributed by atoms with E-state index in [1.165, 1.54) is 4.90 Å². The minimum absolute atomic E-state index is 0.139. The third-order valence-electron chi connectivity index (χ3n) is 3.32. The van der Waals surface area contributed by atoms with Crippen LogP contribution in [0.4, 0.5) is 5.69 Å². The summed E-state index contributed by atoms with van der Waals surface area (Å²) in [5, 5.41) is 5.68. The summed E-state index contributed by atoms with van der Waals surface area (Å²) in [7, 11) is 3.36. The van der Waals surface area contributed by atoms with E-state index in [1.807, 2.05) is 19.1 Å². The van der Waals surface area contributed by atoms with Crippen LogP contribution in [0.25, 0.3) is 0 Å². The molecule has 6 heteroatoms. The lowest BCUT2D eigenvalue weighted by atomic mass is 10.1. The molecular weight excluding hydrogens is 322 g/mol. The molecule has 0 spiro atoms. The van der Waals surface area contributed by atoms with Crippen molar-refractivity contribution < 1.29 is 9.59 Å². The Labute approximate surface area is 146 Å². The van der Waals surface area contributed by atoms with Gasteiger partial charge in [-0.15, -0.1) is 0 Å². The predicted molar refractivity (Wildman–Crippen MR) is 99.3 cm³/mol. The van der Waals surface area contributed by atoms with Crippen molar-refractivity contribution in [1.29, 1.82) is 0 Å². The first-order valence-electron chi connectivity index (χ1n) is 7.38. The van der Waals surface area contributed by atoms with E-state index in [4.69, 9.17) is 12.2 Å². The molecule has 0 saturated carbocycles. The fourth-order valence-electron chi connectivity index (χ4n) is 2.13. The van der Waals surface area contributed by atoms with Gasteiger partial charge in [-0.2, -0.15) is 0 Å². The molecule has 5 nitrogen and oxygen atoms in total. The van der Waals surface area contributed by atoms with E-state index < -0.39 is 0 Å². The third-order valence-corrected chi connectivity index (χ3v) is 3.52. The Morgan fingerprint density at radius 3 is 2.42 bits per heavy atom. The zero-order valence-electron chi connectivity index (χ0n) is 13.8. The standard InChI is InChI=1S/C18H19N3O2S/c1-12-7-6-8-13(11-12)16(22)20-18(24)19-15-10-5-4-9-14(15)17(23)21(2)3/h4-11H,1-3H3,(H2,19,20,22,24). The molecule has 0 aliphatic heterocycles. The molecule has 0 heterocycles. The van der Waals surface area contributed by atoms with Crippen molar-refractivity contribution in [3.63, 3.8) is 0 Å². The van der Waals surface area contributed by atoms with Gasteiger partial charge in [-0.05, 0) is 43.4 Å². The van der Waals surface area contributed by atoms with Crippen LogP contribution >= 0.6 is 12.2 Å². The van der Waals surface area contributed by atoms with Crippen LogP contribution in [0.1, 0.15) is 26.3 Å². The van der Waals surface area contributed by atoms with Crippen LogP contribution in [-0.2, 0) is 0 Å². The van der Waals surface area contributed by atoms with E-state index in [0.717, 1.165) is 5.56 Å². The number of nitrogens with zero attached hydrogens (tertiary/aromatic N) is 1. The third kappa shape index (κ3) is 4.39. The van der Waals surface area contributed by atoms with Crippen LogP contribution < -0.4 is 10.6 Å². The van der Waals surface area contributed by atoms with Crippen molar-refractivity contribution >= 4 is 34.8 Å². The monoisotopic (exact) mass is 341 g/mol. The second kappa shape index (κ2) is 7.70. The Balaban J connectivity index is 2.10. The van der Waals surface area contributed by atoms with E-state index in [0.29, 0.717) is 16.8 Å². The zero-order valence-corrected chi connectivity index (χ0v) is 14.6. The van der Waals surface area contributed by atoms with Gasteiger partial charge in [0.15, 0.2) is 5.11 Å². The van der Waals surface area contributed by atoms with Gasteiger partial charge in [0.2, 0.25) is 0 Å². The molecule has 0 aliphatic carbocycles. The molecule has 2 aromatic rings. The summed E-state index contributed by atoms with van der Waals surface area (Å²) in [5.74, 6) is -0.446.